The summed E-state index contributed by atoms with van der Waals surface area (Å²) in [7, 11) is 0. The maximum absolute atomic E-state index is 8.71. The summed E-state index contributed by atoms with van der Waals surface area (Å²) in [5.74, 6) is 1.57. The molecule has 20 heavy (non-hydrogen) atoms. The van der Waals surface area contributed by atoms with Gasteiger partial charge in [0, 0.05) is 11.8 Å². The van der Waals surface area contributed by atoms with E-state index in [1.165, 1.54) is 0 Å². The van der Waals surface area contributed by atoms with Gasteiger partial charge in [-0.2, -0.15) is 5.26 Å². The lowest BCUT2D eigenvalue weighted by Gasteiger charge is -2.09. The summed E-state index contributed by atoms with van der Waals surface area (Å²) in [5.41, 5.74) is 0.636. The average molecular weight is 288 g/mol. The molecule has 5 nitrogen and oxygen atoms in total. The Kier molecular flexibility index (Phi) is 5.02. The van der Waals surface area contributed by atoms with Gasteiger partial charge in [-0.05, 0) is 38.1 Å². The van der Waals surface area contributed by atoms with Crippen LogP contribution in [0.4, 0.5) is 0 Å². The van der Waals surface area contributed by atoms with E-state index >= 15 is 0 Å². The minimum atomic E-state index is 0.354. The lowest BCUT2D eigenvalue weighted by atomic mass is 10.2. The molecule has 0 aliphatic rings. The minimum Gasteiger partial charge on any atom is -0.493 e. The zero-order valence-corrected chi connectivity index (χ0v) is 12.3. The molecule has 1 heterocycles. The van der Waals surface area contributed by atoms with Crippen molar-refractivity contribution in [3.63, 3.8) is 0 Å². The molecule has 0 amide bonds. The second-order valence-corrected chi connectivity index (χ2v) is 5.51. The quantitative estimate of drug-likeness (QED) is 0.604. The fourth-order valence-electron chi connectivity index (χ4n) is 1.61. The van der Waals surface area contributed by atoms with E-state index < -0.39 is 0 Å². The zero-order chi connectivity index (χ0) is 14.4. The number of thioether (sulfide) groups is 1. The molecule has 2 rings (SSSR count). The van der Waals surface area contributed by atoms with Crippen molar-refractivity contribution in [2.45, 2.75) is 25.0 Å². The largest absolute Gasteiger partial charge is 0.493 e. The van der Waals surface area contributed by atoms with Crippen LogP contribution in [-0.2, 0) is 0 Å². The minimum absolute atomic E-state index is 0.354. The highest BCUT2D eigenvalue weighted by atomic mass is 32.2. The van der Waals surface area contributed by atoms with Crippen molar-refractivity contribution in [2.75, 3.05) is 12.4 Å². The van der Waals surface area contributed by atoms with Gasteiger partial charge in [0.05, 0.1) is 18.2 Å². The van der Waals surface area contributed by atoms with Gasteiger partial charge in [0.2, 0.25) is 0 Å². The SMILES string of the molecule is CC(C)n1cnnc1SCCOc1ccc(C#N)cc1. The Morgan fingerprint density at radius 1 is 1.35 bits per heavy atom. The van der Waals surface area contributed by atoms with Crippen LogP contribution in [0.25, 0.3) is 0 Å². The van der Waals surface area contributed by atoms with Crippen molar-refractivity contribution in [2.24, 2.45) is 0 Å². The van der Waals surface area contributed by atoms with E-state index in [0.29, 0.717) is 18.2 Å². The Labute approximate surface area is 122 Å². The van der Waals surface area contributed by atoms with Crippen LogP contribution < -0.4 is 4.74 Å². The molecule has 0 spiro atoms. The van der Waals surface area contributed by atoms with Crippen LogP contribution in [0.15, 0.2) is 35.7 Å². The molecule has 0 saturated heterocycles. The van der Waals surface area contributed by atoms with Gasteiger partial charge >= 0.3 is 0 Å². The van der Waals surface area contributed by atoms with Crippen molar-refractivity contribution in [1.29, 1.82) is 5.26 Å². The van der Waals surface area contributed by atoms with E-state index in [0.717, 1.165) is 16.7 Å². The molecule has 104 valence electrons. The molecule has 0 atom stereocenters. The predicted molar refractivity (Wildman–Crippen MR) is 77.8 cm³/mol. The molecule has 0 saturated carbocycles. The number of hydrogen-bond donors (Lipinski definition) is 0. The summed E-state index contributed by atoms with van der Waals surface area (Å²) < 4.78 is 7.65. The first-order valence-electron chi connectivity index (χ1n) is 6.36. The maximum Gasteiger partial charge on any atom is 0.191 e. The summed E-state index contributed by atoms with van der Waals surface area (Å²) in [5, 5.41) is 17.6. The molecule has 1 aromatic carbocycles. The number of aromatic nitrogens is 3. The van der Waals surface area contributed by atoms with Crippen molar-refractivity contribution in [3.8, 4) is 11.8 Å². The van der Waals surface area contributed by atoms with E-state index in [-0.39, 0.29) is 0 Å². The molecule has 0 N–H and O–H groups in total. The first kappa shape index (κ1) is 14.4. The van der Waals surface area contributed by atoms with Crippen molar-refractivity contribution < 1.29 is 4.74 Å². The van der Waals surface area contributed by atoms with Gasteiger partial charge < -0.3 is 9.30 Å². The van der Waals surface area contributed by atoms with E-state index in [1.54, 1.807) is 42.4 Å². The molecule has 0 aliphatic heterocycles. The van der Waals surface area contributed by atoms with Gasteiger partial charge in [-0.25, -0.2) is 0 Å². The average Bonchev–Trinajstić information content (AvgIpc) is 2.93. The van der Waals surface area contributed by atoms with Crippen LogP contribution in [-0.4, -0.2) is 27.1 Å². The second-order valence-electron chi connectivity index (χ2n) is 4.45. The fraction of sp³-hybridized carbons (Fsp3) is 0.357. The molecule has 0 unspecified atom stereocenters. The third-order valence-electron chi connectivity index (χ3n) is 2.66. The number of rotatable bonds is 6. The third kappa shape index (κ3) is 3.75. The van der Waals surface area contributed by atoms with Crippen LogP contribution >= 0.6 is 11.8 Å². The van der Waals surface area contributed by atoms with Crippen molar-refractivity contribution >= 4 is 11.8 Å². The molecule has 0 aliphatic carbocycles. The van der Waals surface area contributed by atoms with Crippen molar-refractivity contribution in [3.05, 3.63) is 36.2 Å². The molecule has 6 heteroatoms. The number of ether oxygens (including phenoxy) is 1. The Morgan fingerprint density at radius 3 is 2.75 bits per heavy atom. The lowest BCUT2D eigenvalue weighted by molar-refractivity contribution is 0.343. The maximum atomic E-state index is 8.71. The molecule has 0 bridgehead atoms. The van der Waals surface area contributed by atoms with E-state index in [2.05, 4.69) is 30.1 Å². The van der Waals surface area contributed by atoms with Crippen LogP contribution in [0, 0.1) is 11.3 Å². The van der Waals surface area contributed by atoms with Gasteiger partial charge in [-0.15, -0.1) is 10.2 Å². The van der Waals surface area contributed by atoms with E-state index in [1.807, 2.05) is 4.57 Å². The highest BCUT2D eigenvalue weighted by molar-refractivity contribution is 7.99. The highest BCUT2D eigenvalue weighted by Gasteiger charge is 2.07. The molecule has 0 radical (unpaired) electrons. The molecular weight excluding hydrogens is 272 g/mol. The summed E-state index contributed by atoms with van der Waals surface area (Å²) in [6.07, 6.45) is 1.74. The fourth-order valence-corrected chi connectivity index (χ4v) is 2.47. The van der Waals surface area contributed by atoms with Gasteiger partial charge in [0.15, 0.2) is 5.16 Å². The predicted octanol–water partition coefficient (Wildman–Crippen LogP) is 2.90. The second kappa shape index (κ2) is 6.96. The normalized spacial score (nSPS) is 10.5. The van der Waals surface area contributed by atoms with Crippen molar-refractivity contribution in [1.82, 2.24) is 14.8 Å². The molecular formula is C14H16N4OS. The molecule has 2 aromatic rings. The summed E-state index contributed by atoms with van der Waals surface area (Å²) in [6, 6.07) is 9.54. The third-order valence-corrected chi connectivity index (χ3v) is 3.58. The Balaban J connectivity index is 1.78. The number of nitrogens with zero attached hydrogens (tertiary/aromatic N) is 4. The molecule has 1 aromatic heterocycles. The monoisotopic (exact) mass is 288 g/mol. The topological polar surface area (TPSA) is 63.7 Å². The number of nitriles is 1. The van der Waals surface area contributed by atoms with E-state index in [4.69, 9.17) is 10.00 Å². The van der Waals surface area contributed by atoms with Gasteiger partial charge in [-0.1, -0.05) is 11.8 Å². The van der Waals surface area contributed by atoms with Crippen LogP contribution in [0.5, 0.6) is 5.75 Å². The van der Waals surface area contributed by atoms with Gasteiger partial charge in [0.25, 0.3) is 0 Å². The summed E-state index contributed by atoms with van der Waals surface area (Å²) in [6.45, 7) is 4.78. The van der Waals surface area contributed by atoms with Crippen LogP contribution in [0.1, 0.15) is 25.5 Å². The zero-order valence-electron chi connectivity index (χ0n) is 11.5. The first-order valence-corrected chi connectivity index (χ1v) is 7.34. The van der Waals surface area contributed by atoms with Crippen LogP contribution in [0.3, 0.4) is 0 Å². The Hall–Kier alpha value is -2.00. The molecule has 0 fully saturated rings. The smallest absolute Gasteiger partial charge is 0.191 e. The first-order chi connectivity index (χ1) is 9.70. The highest BCUT2D eigenvalue weighted by Crippen LogP contribution is 2.19. The number of hydrogen-bond acceptors (Lipinski definition) is 5. The Bertz CT molecular complexity index is 586. The standard InChI is InChI=1S/C14H16N4OS/c1-11(2)18-10-16-17-14(18)20-8-7-19-13-5-3-12(9-15)4-6-13/h3-6,10-11H,7-8H2,1-2H3. The Morgan fingerprint density at radius 2 is 2.10 bits per heavy atom. The van der Waals surface area contributed by atoms with Crippen LogP contribution in [0.2, 0.25) is 0 Å². The van der Waals surface area contributed by atoms with E-state index in [9.17, 15) is 0 Å². The number of benzene rings is 1. The summed E-state index contributed by atoms with van der Waals surface area (Å²) in [4.78, 5) is 0. The van der Waals surface area contributed by atoms with Gasteiger partial charge in [0.1, 0.15) is 12.1 Å². The van der Waals surface area contributed by atoms with Gasteiger partial charge in [-0.3, -0.25) is 0 Å². The lowest BCUT2D eigenvalue weighted by Crippen LogP contribution is -2.04. The summed E-state index contributed by atoms with van der Waals surface area (Å²) >= 11 is 1.62.